The van der Waals surface area contributed by atoms with Gasteiger partial charge in [0.2, 0.25) is 0 Å². The molecule has 1 unspecified atom stereocenters. The summed E-state index contributed by atoms with van der Waals surface area (Å²) in [7, 11) is 2.00. The maximum Gasteiger partial charge on any atom is 0.105 e. The molecule has 0 bridgehead atoms. The van der Waals surface area contributed by atoms with Crippen LogP contribution in [0.4, 0.5) is 0 Å². The van der Waals surface area contributed by atoms with Crippen molar-refractivity contribution in [3.05, 3.63) is 35.2 Å². The van der Waals surface area contributed by atoms with Gasteiger partial charge >= 0.3 is 0 Å². The minimum absolute atomic E-state index is 0.570. The van der Waals surface area contributed by atoms with E-state index in [9.17, 15) is 0 Å². The Kier molecular flexibility index (Phi) is 4.60. The third-order valence-electron chi connectivity index (χ3n) is 3.89. The van der Waals surface area contributed by atoms with Gasteiger partial charge in [-0.1, -0.05) is 6.92 Å². The Morgan fingerprint density at radius 3 is 2.60 bits per heavy atom. The van der Waals surface area contributed by atoms with E-state index < -0.39 is 0 Å². The van der Waals surface area contributed by atoms with E-state index in [1.54, 1.807) is 0 Å². The van der Waals surface area contributed by atoms with Crippen molar-refractivity contribution in [1.82, 2.24) is 24.6 Å². The highest BCUT2D eigenvalue weighted by Gasteiger charge is 2.10. The molecule has 2 rings (SSSR count). The number of rotatable bonds is 6. The van der Waals surface area contributed by atoms with Crippen LogP contribution in [-0.4, -0.2) is 25.9 Å². The quantitative estimate of drug-likeness (QED) is 0.877. The van der Waals surface area contributed by atoms with Gasteiger partial charge in [-0.2, -0.15) is 5.10 Å². The van der Waals surface area contributed by atoms with Crippen LogP contribution in [0.3, 0.4) is 0 Å². The van der Waals surface area contributed by atoms with E-state index in [-0.39, 0.29) is 0 Å². The predicted octanol–water partition coefficient (Wildman–Crippen LogP) is 1.97. The van der Waals surface area contributed by atoms with Crippen molar-refractivity contribution in [3.8, 4) is 0 Å². The number of aryl methyl sites for hydroxylation is 3. The van der Waals surface area contributed by atoms with Gasteiger partial charge in [-0.25, -0.2) is 4.98 Å². The first-order valence-electron chi connectivity index (χ1n) is 7.16. The van der Waals surface area contributed by atoms with Crippen LogP contribution in [0, 0.1) is 26.7 Å². The normalized spacial score (nSPS) is 12.8. The summed E-state index contributed by atoms with van der Waals surface area (Å²) in [5.41, 5.74) is 3.68. The Labute approximate surface area is 121 Å². The van der Waals surface area contributed by atoms with Gasteiger partial charge in [-0.3, -0.25) is 4.68 Å². The first-order valence-corrected chi connectivity index (χ1v) is 7.16. The lowest BCUT2D eigenvalue weighted by molar-refractivity contribution is 0.440. The van der Waals surface area contributed by atoms with Gasteiger partial charge in [0.1, 0.15) is 5.82 Å². The van der Waals surface area contributed by atoms with E-state index in [1.807, 2.05) is 31.0 Å². The van der Waals surface area contributed by atoms with E-state index in [4.69, 9.17) is 0 Å². The third kappa shape index (κ3) is 3.28. The predicted molar refractivity (Wildman–Crippen MR) is 80.5 cm³/mol. The molecule has 0 aliphatic carbocycles. The SMILES string of the molecule is Cc1nn(C)c(C)c1CNCC(C)Cn1ccnc1C. The Morgan fingerprint density at radius 2 is 2.05 bits per heavy atom. The van der Waals surface area contributed by atoms with Crippen LogP contribution in [-0.2, 0) is 20.1 Å². The van der Waals surface area contributed by atoms with Gasteiger partial charge in [0.25, 0.3) is 0 Å². The van der Waals surface area contributed by atoms with Crippen LogP contribution in [0.5, 0.6) is 0 Å². The first-order chi connectivity index (χ1) is 9.49. The molecule has 5 heteroatoms. The molecule has 0 aliphatic rings. The maximum atomic E-state index is 4.45. The van der Waals surface area contributed by atoms with E-state index in [1.165, 1.54) is 11.3 Å². The Hall–Kier alpha value is -1.62. The molecule has 2 heterocycles. The third-order valence-corrected chi connectivity index (χ3v) is 3.89. The number of hydrogen-bond acceptors (Lipinski definition) is 3. The van der Waals surface area contributed by atoms with Gasteiger partial charge in [0.05, 0.1) is 5.69 Å². The molecule has 20 heavy (non-hydrogen) atoms. The van der Waals surface area contributed by atoms with Crippen LogP contribution in [0.15, 0.2) is 12.4 Å². The molecule has 1 atom stereocenters. The van der Waals surface area contributed by atoms with Crippen molar-refractivity contribution >= 4 is 0 Å². The Balaban J connectivity index is 1.82. The fraction of sp³-hybridized carbons (Fsp3) is 0.600. The smallest absolute Gasteiger partial charge is 0.105 e. The average Bonchev–Trinajstić information content (AvgIpc) is 2.88. The van der Waals surface area contributed by atoms with Gasteiger partial charge in [-0.05, 0) is 33.2 Å². The summed E-state index contributed by atoms with van der Waals surface area (Å²) in [4.78, 5) is 4.26. The lowest BCUT2D eigenvalue weighted by Gasteiger charge is -2.14. The van der Waals surface area contributed by atoms with E-state index >= 15 is 0 Å². The molecule has 0 aliphatic heterocycles. The highest BCUT2D eigenvalue weighted by molar-refractivity contribution is 5.23. The summed E-state index contributed by atoms with van der Waals surface area (Å²) >= 11 is 0. The molecular formula is C15H25N5. The molecule has 0 saturated heterocycles. The zero-order chi connectivity index (χ0) is 14.7. The largest absolute Gasteiger partial charge is 0.335 e. The molecule has 110 valence electrons. The fourth-order valence-corrected chi connectivity index (χ4v) is 2.51. The lowest BCUT2D eigenvalue weighted by Crippen LogP contribution is -2.24. The molecule has 0 aromatic carbocycles. The van der Waals surface area contributed by atoms with Crippen molar-refractivity contribution in [3.63, 3.8) is 0 Å². The summed E-state index contributed by atoms with van der Waals surface area (Å²) in [5.74, 6) is 1.65. The molecule has 2 aromatic heterocycles. The molecule has 0 amide bonds. The second kappa shape index (κ2) is 6.22. The number of nitrogens with zero attached hydrogens (tertiary/aromatic N) is 4. The summed E-state index contributed by atoms with van der Waals surface area (Å²) in [6, 6.07) is 0. The van der Waals surface area contributed by atoms with Gasteiger partial charge in [-0.15, -0.1) is 0 Å². The zero-order valence-electron chi connectivity index (χ0n) is 13.1. The van der Waals surface area contributed by atoms with Crippen LogP contribution in [0.25, 0.3) is 0 Å². The minimum atomic E-state index is 0.570. The topological polar surface area (TPSA) is 47.7 Å². The van der Waals surface area contributed by atoms with Crippen molar-refractivity contribution in [2.45, 2.75) is 40.8 Å². The van der Waals surface area contributed by atoms with Crippen molar-refractivity contribution in [1.29, 1.82) is 0 Å². The minimum Gasteiger partial charge on any atom is -0.335 e. The van der Waals surface area contributed by atoms with Gasteiger partial charge in [0, 0.05) is 43.8 Å². The standard InChI is InChI=1S/C15H25N5/c1-11(10-20-7-6-17-14(20)4)8-16-9-15-12(2)18-19(5)13(15)3/h6-7,11,16H,8-10H2,1-5H3. The molecule has 1 N–H and O–H groups in total. The average molecular weight is 275 g/mol. The molecule has 5 nitrogen and oxygen atoms in total. The van der Waals surface area contributed by atoms with Crippen LogP contribution in [0.2, 0.25) is 0 Å². The zero-order valence-corrected chi connectivity index (χ0v) is 13.1. The van der Waals surface area contributed by atoms with Crippen LogP contribution >= 0.6 is 0 Å². The highest BCUT2D eigenvalue weighted by atomic mass is 15.3. The number of hydrogen-bond donors (Lipinski definition) is 1. The number of aromatic nitrogens is 4. The molecule has 0 radical (unpaired) electrons. The molecule has 0 saturated carbocycles. The van der Waals surface area contributed by atoms with E-state index in [0.717, 1.165) is 31.2 Å². The molecule has 2 aromatic rings. The number of nitrogens with one attached hydrogen (secondary N) is 1. The van der Waals surface area contributed by atoms with Gasteiger partial charge in [0.15, 0.2) is 0 Å². The van der Waals surface area contributed by atoms with Crippen molar-refractivity contribution in [2.24, 2.45) is 13.0 Å². The van der Waals surface area contributed by atoms with E-state index in [0.29, 0.717) is 5.92 Å². The second-order valence-corrected chi connectivity index (χ2v) is 5.64. The van der Waals surface area contributed by atoms with Gasteiger partial charge < -0.3 is 9.88 Å². The van der Waals surface area contributed by atoms with Crippen molar-refractivity contribution in [2.75, 3.05) is 6.54 Å². The molecular weight excluding hydrogens is 250 g/mol. The molecule has 0 spiro atoms. The maximum absolute atomic E-state index is 4.45. The lowest BCUT2D eigenvalue weighted by atomic mass is 10.1. The molecule has 0 fully saturated rings. The van der Waals surface area contributed by atoms with E-state index in [2.05, 4.69) is 40.7 Å². The summed E-state index contributed by atoms with van der Waals surface area (Å²) in [5, 5.41) is 7.99. The summed E-state index contributed by atoms with van der Waals surface area (Å²) in [6.07, 6.45) is 3.90. The second-order valence-electron chi connectivity index (χ2n) is 5.64. The first kappa shape index (κ1) is 14.8. The highest BCUT2D eigenvalue weighted by Crippen LogP contribution is 2.11. The fourth-order valence-electron chi connectivity index (χ4n) is 2.51. The Morgan fingerprint density at radius 1 is 1.30 bits per heavy atom. The summed E-state index contributed by atoms with van der Waals surface area (Å²) < 4.78 is 4.15. The van der Waals surface area contributed by atoms with Crippen LogP contribution in [0.1, 0.15) is 29.7 Å². The summed E-state index contributed by atoms with van der Waals surface area (Å²) in [6.45, 7) is 11.4. The van der Waals surface area contributed by atoms with Crippen molar-refractivity contribution < 1.29 is 0 Å². The Bertz CT molecular complexity index is 567. The number of imidazole rings is 1. The van der Waals surface area contributed by atoms with Crippen LogP contribution < -0.4 is 5.32 Å². The monoisotopic (exact) mass is 275 g/mol.